The molecule has 0 aliphatic carbocycles. The predicted octanol–water partition coefficient (Wildman–Crippen LogP) is 2.07. The number of carbonyl (C=O) groups excluding carboxylic acids is 1. The molecule has 1 aliphatic rings. The van der Waals surface area contributed by atoms with Gasteiger partial charge in [-0.1, -0.05) is 0 Å². The van der Waals surface area contributed by atoms with Crippen LogP contribution in [0.25, 0.3) is 0 Å². The summed E-state index contributed by atoms with van der Waals surface area (Å²) >= 11 is 1.90. The van der Waals surface area contributed by atoms with E-state index in [-0.39, 0.29) is 5.78 Å². The number of aryl methyl sites for hydroxylation is 1. The van der Waals surface area contributed by atoms with Gasteiger partial charge in [-0.25, -0.2) is 0 Å². The zero-order valence-corrected chi connectivity index (χ0v) is 8.36. The van der Waals surface area contributed by atoms with Crippen LogP contribution in [0, 0.1) is 0 Å². The van der Waals surface area contributed by atoms with E-state index in [0.717, 1.165) is 29.2 Å². The van der Waals surface area contributed by atoms with Gasteiger partial charge in [-0.2, -0.15) is 11.8 Å². The lowest BCUT2D eigenvalue weighted by molar-refractivity contribution is 0.101. The molecule has 0 spiro atoms. The molecule has 68 valence electrons. The Labute approximate surface area is 81.8 Å². The number of pyridine rings is 1. The highest BCUT2D eigenvalue weighted by Crippen LogP contribution is 2.23. The van der Waals surface area contributed by atoms with Crippen molar-refractivity contribution in [1.29, 1.82) is 0 Å². The van der Waals surface area contributed by atoms with Gasteiger partial charge in [0.1, 0.15) is 0 Å². The molecule has 0 atom stereocenters. The Morgan fingerprint density at radius 3 is 3.23 bits per heavy atom. The Bertz CT molecular complexity index is 349. The van der Waals surface area contributed by atoms with E-state index in [1.807, 2.05) is 17.8 Å². The zero-order valence-electron chi connectivity index (χ0n) is 7.54. The topological polar surface area (TPSA) is 30.0 Å². The first kappa shape index (κ1) is 8.75. The monoisotopic (exact) mass is 193 g/mol. The molecule has 3 heteroatoms. The van der Waals surface area contributed by atoms with Crippen molar-refractivity contribution in [3.8, 4) is 0 Å². The van der Waals surface area contributed by atoms with Crippen LogP contribution in [0.2, 0.25) is 0 Å². The van der Waals surface area contributed by atoms with Crippen LogP contribution in [-0.2, 0) is 12.2 Å². The van der Waals surface area contributed by atoms with Crippen molar-refractivity contribution in [2.45, 2.75) is 19.1 Å². The number of aromatic nitrogens is 1. The molecular weight excluding hydrogens is 182 g/mol. The molecule has 0 saturated carbocycles. The maximum atomic E-state index is 11.1. The molecule has 13 heavy (non-hydrogen) atoms. The SMILES string of the molecule is CC(=O)c1cnc2c(c1)CCSC2. The smallest absolute Gasteiger partial charge is 0.161 e. The van der Waals surface area contributed by atoms with Crippen molar-refractivity contribution < 1.29 is 4.79 Å². The molecule has 0 amide bonds. The van der Waals surface area contributed by atoms with Crippen molar-refractivity contribution in [2.24, 2.45) is 0 Å². The summed E-state index contributed by atoms with van der Waals surface area (Å²) in [5.41, 5.74) is 3.15. The predicted molar refractivity (Wildman–Crippen MR) is 54.1 cm³/mol. The Hall–Kier alpha value is -0.830. The minimum absolute atomic E-state index is 0.105. The average molecular weight is 193 g/mol. The van der Waals surface area contributed by atoms with E-state index >= 15 is 0 Å². The van der Waals surface area contributed by atoms with Crippen LogP contribution in [0.5, 0.6) is 0 Å². The average Bonchev–Trinajstić information content (AvgIpc) is 2.17. The van der Waals surface area contributed by atoms with Crippen molar-refractivity contribution in [2.75, 3.05) is 5.75 Å². The Balaban J connectivity index is 2.40. The van der Waals surface area contributed by atoms with Gasteiger partial charge in [-0.3, -0.25) is 9.78 Å². The number of hydrogen-bond donors (Lipinski definition) is 0. The molecular formula is C10H11NOS. The molecule has 0 saturated heterocycles. The number of rotatable bonds is 1. The lowest BCUT2D eigenvalue weighted by Gasteiger charge is -2.14. The number of Topliss-reactive ketones (excluding diaryl/α,β-unsaturated/α-hetero) is 1. The van der Waals surface area contributed by atoms with E-state index in [4.69, 9.17) is 0 Å². The second kappa shape index (κ2) is 3.50. The summed E-state index contributed by atoms with van der Waals surface area (Å²) < 4.78 is 0. The van der Waals surface area contributed by atoms with Gasteiger partial charge in [0.25, 0.3) is 0 Å². The van der Waals surface area contributed by atoms with Gasteiger partial charge in [0.2, 0.25) is 0 Å². The Morgan fingerprint density at radius 1 is 1.62 bits per heavy atom. The molecule has 2 rings (SSSR count). The number of hydrogen-bond acceptors (Lipinski definition) is 3. The summed E-state index contributed by atoms with van der Waals surface area (Å²) in [4.78, 5) is 15.4. The summed E-state index contributed by atoms with van der Waals surface area (Å²) in [7, 11) is 0. The number of ketones is 1. The van der Waals surface area contributed by atoms with Crippen LogP contribution < -0.4 is 0 Å². The first-order valence-corrected chi connectivity index (χ1v) is 5.49. The van der Waals surface area contributed by atoms with E-state index < -0.39 is 0 Å². The van der Waals surface area contributed by atoms with Crippen molar-refractivity contribution in [3.05, 3.63) is 29.1 Å². The Kier molecular flexibility index (Phi) is 2.36. The quantitative estimate of drug-likeness (QED) is 0.639. The van der Waals surface area contributed by atoms with Gasteiger partial charge in [-0.15, -0.1) is 0 Å². The molecule has 0 unspecified atom stereocenters. The summed E-state index contributed by atoms with van der Waals surface area (Å²) in [6.45, 7) is 1.58. The van der Waals surface area contributed by atoms with E-state index in [1.54, 1.807) is 13.1 Å². The molecule has 1 aromatic heterocycles. The van der Waals surface area contributed by atoms with Gasteiger partial charge in [0.05, 0.1) is 5.69 Å². The van der Waals surface area contributed by atoms with Crippen LogP contribution in [0.4, 0.5) is 0 Å². The third-order valence-corrected chi connectivity index (χ3v) is 3.19. The van der Waals surface area contributed by atoms with Crippen LogP contribution >= 0.6 is 11.8 Å². The van der Waals surface area contributed by atoms with Crippen molar-refractivity contribution >= 4 is 17.5 Å². The van der Waals surface area contributed by atoms with Crippen LogP contribution in [0.3, 0.4) is 0 Å². The summed E-state index contributed by atoms with van der Waals surface area (Å²) in [6.07, 6.45) is 2.74. The molecule has 0 fully saturated rings. The molecule has 0 bridgehead atoms. The number of carbonyl (C=O) groups is 1. The second-order valence-electron chi connectivity index (χ2n) is 3.19. The van der Waals surface area contributed by atoms with Gasteiger partial charge in [0, 0.05) is 17.5 Å². The largest absolute Gasteiger partial charge is 0.294 e. The molecule has 0 aromatic carbocycles. The van der Waals surface area contributed by atoms with E-state index in [1.165, 1.54) is 5.56 Å². The highest BCUT2D eigenvalue weighted by Gasteiger charge is 2.12. The maximum absolute atomic E-state index is 11.1. The van der Waals surface area contributed by atoms with E-state index in [2.05, 4.69) is 4.98 Å². The first-order valence-electron chi connectivity index (χ1n) is 4.34. The van der Waals surface area contributed by atoms with Gasteiger partial charge in [0.15, 0.2) is 5.78 Å². The standard InChI is InChI=1S/C10H11NOS/c1-7(12)9-4-8-2-3-13-6-10(8)11-5-9/h4-5H,2-3,6H2,1H3. The lowest BCUT2D eigenvalue weighted by Crippen LogP contribution is -2.07. The second-order valence-corrected chi connectivity index (χ2v) is 4.29. The van der Waals surface area contributed by atoms with Gasteiger partial charge < -0.3 is 0 Å². The van der Waals surface area contributed by atoms with Crippen molar-refractivity contribution in [3.63, 3.8) is 0 Å². The maximum Gasteiger partial charge on any atom is 0.161 e. The summed E-state index contributed by atoms with van der Waals surface area (Å²) in [5, 5.41) is 0. The molecule has 0 radical (unpaired) electrons. The van der Waals surface area contributed by atoms with Crippen LogP contribution in [0.15, 0.2) is 12.3 Å². The highest BCUT2D eigenvalue weighted by atomic mass is 32.2. The Morgan fingerprint density at radius 2 is 2.46 bits per heavy atom. The van der Waals surface area contributed by atoms with Crippen LogP contribution in [-0.4, -0.2) is 16.5 Å². The number of nitrogens with zero attached hydrogens (tertiary/aromatic N) is 1. The highest BCUT2D eigenvalue weighted by molar-refractivity contribution is 7.98. The molecule has 1 aromatic rings. The molecule has 2 heterocycles. The van der Waals surface area contributed by atoms with Gasteiger partial charge in [-0.05, 0) is 30.7 Å². The van der Waals surface area contributed by atoms with E-state index in [0.29, 0.717) is 0 Å². The third kappa shape index (κ3) is 1.75. The fourth-order valence-corrected chi connectivity index (χ4v) is 2.39. The minimum atomic E-state index is 0.105. The fraction of sp³-hybridized carbons (Fsp3) is 0.400. The third-order valence-electron chi connectivity index (χ3n) is 2.22. The molecule has 0 N–H and O–H groups in total. The summed E-state index contributed by atoms with van der Waals surface area (Å²) in [5.74, 6) is 2.25. The van der Waals surface area contributed by atoms with E-state index in [9.17, 15) is 4.79 Å². The van der Waals surface area contributed by atoms with Crippen molar-refractivity contribution in [1.82, 2.24) is 4.98 Å². The number of fused-ring (bicyclic) bond motifs is 1. The van der Waals surface area contributed by atoms with Gasteiger partial charge >= 0.3 is 0 Å². The minimum Gasteiger partial charge on any atom is -0.294 e. The normalized spacial score (nSPS) is 15.2. The number of thioether (sulfide) groups is 1. The molecule has 1 aliphatic heterocycles. The molecule has 2 nitrogen and oxygen atoms in total. The zero-order chi connectivity index (χ0) is 9.26. The fourth-order valence-electron chi connectivity index (χ4n) is 1.43. The van der Waals surface area contributed by atoms with Crippen LogP contribution in [0.1, 0.15) is 28.5 Å². The summed E-state index contributed by atoms with van der Waals surface area (Å²) in [6, 6.07) is 1.99. The first-order chi connectivity index (χ1) is 6.27. The lowest BCUT2D eigenvalue weighted by atomic mass is 10.1.